The first-order valence-corrected chi connectivity index (χ1v) is 6.44. The van der Waals surface area contributed by atoms with Crippen molar-refractivity contribution in [2.45, 2.75) is 4.90 Å². The van der Waals surface area contributed by atoms with Crippen LogP contribution >= 0.6 is 0 Å². The molecule has 1 heterocycles. The Kier molecular flexibility index (Phi) is 3.10. The summed E-state index contributed by atoms with van der Waals surface area (Å²) in [6.07, 6.45) is 1.22. The third-order valence-electron chi connectivity index (χ3n) is 2.28. The number of halogens is 1. The average Bonchev–Trinajstić information content (AvgIpc) is 2.74. The zero-order valence-corrected chi connectivity index (χ0v) is 10.2. The minimum absolute atomic E-state index is 0.0480. The first-order valence-electron chi connectivity index (χ1n) is 4.96. The molecule has 0 amide bonds. The van der Waals surface area contributed by atoms with Crippen LogP contribution in [0.15, 0.2) is 29.3 Å². The van der Waals surface area contributed by atoms with Gasteiger partial charge in [-0.1, -0.05) is 6.07 Å². The summed E-state index contributed by atoms with van der Waals surface area (Å²) in [6, 6.07) is 4.83. The molecular formula is C10H8FN5O2S. The molecule has 0 aliphatic heterocycles. The van der Waals surface area contributed by atoms with E-state index in [0.29, 0.717) is 0 Å². The zero-order valence-electron chi connectivity index (χ0n) is 9.38. The molecule has 1 aromatic carbocycles. The number of nitriles is 1. The van der Waals surface area contributed by atoms with Crippen molar-refractivity contribution in [2.75, 3.05) is 10.5 Å². The van der Waals surface area contributed by atoms with Gasteiger partial charge in [-0.2, -0.15) is 10.4 Å². The van der Waals surface area contributed by atoms with E-state index >= 15 is 0 Å². The Labute approximate surface area is 107 Å². The number of hydrogen-bond donors (Lipinski definition) is 3. The van der Waals surface area contributed by atoms with E-state index in [-0.39, 0.29) is 11.5 Å². The van der Waals surface area contributed by atoms with Crippen LogP contribution in [-0.2, 0) is 10.0 Å². The number of anilines is 2. The van der Waals surface area contributed by atoms with E-state index in [1.165, 1.54) is 18.3 Å². The van der Waals surface area contributed by atoms with Crippen molar-refractivity contribution < 1.29 is 12.8 Å². The predicted molar refractivity (Wildman–Crippen MR) is 64.9 cm³/mol. The van der Waals surface area contributed by atoms with Crippen LogP contribution in [0.25, 0.3) is 0 Å². The van der Waals surface area contributed by atoms with Crippen LogP contribution in [0.4, 0.5) is 15.9 Å². The van der Waals surface area contributed by atoms with E-state index < -0.39 is 26.3 Å². The molecule has 9 heteroatoms. The Morgan fingerprint density at radius 2 is 2.21 bits per heavy atom. The molecule has 0 radical (unpaired) electrons. The summed E-state index contributed by atoms with van der Waals surface area (Å²) in [6.45, 7) is 0. The zero-order chi connectivity index (χ0) is 14.0. The second-order valence-corrected chi connectivity index (χ2v) is 5.18. The maximum absolute atomic E-state index is 13.4. The SMILES string of the molecule is N#Cc1c(F)cccc1S(=O)(=O)Nc1[nH]ncc1N. The Bertz CT molecular complexity index is 762. The number of nitrogens with zero attached hydrogens (tertiary/aromatic N) is 2. The number of aromatic nitrogens is 2. The smallest absolute Gasteiger partial charge is 0.264 e. The molecule has 19 heavy (non-hydrogen) atoms. The molecule has 0 bridgehead atoms. The first-order chi connectivity index (χ1) is 8.95. The van der Waals surface area contributed by atoms with Crippen LogP contribution in [-0.4, -0.2) is 18.6 Å². The van der Waals surface area contributed by atoms with Crippen LogP contribution < -0.4 is 10.5 Å². The molecular weight excluding hydrogens is 273 g/mol. The van der Waals surface area contributed by atoms with E-state index in [4.69, 9.17) is 11.0 Å². The fourth-order valence-corrected chi connectivity index (χ4v) is 2.62. The standard InChI is InChI=1S/C10H8FN5O2S/c11-7-2-1-3-9(6(7)4-12)19(17,18)16-10-8(13)5-14-15-10/h1-3,5H,13H2,(H2,14,15,16). The van der Waals surface area contributed by atoms with Crippen molar-refractivity contribution in [1.82, 2.24) is 10.2 Å². The molecule has 0 saturated carbocycles. The van der Waals surface area contributed by atoms with Gasteiger partial charge in [-0.25, -0.2) is 12.8 Å². The van der Waals surface area contributed by atoms with Crippen LogP contribution in [0.1, 0.15) is 5.56 Å². The highest BCUT2D eigenvalue weighted by molar-refractivity contribution is 7.92. The van der Waals surface area contributed by atoms with E-state index in [1.807, 2.05) is 0 Å². The number of nitrogens with one attached hydrogen (secondary N) is 2. The second-order valence-electron chi connectivity index (χ2n) is 3.53. The number of benzene rings is 1. The lowest BCUT2D eigenvalue weighted by atomic mass is 10.2. The van der Waals surface area contributed by atoms with Gasteiger partial charge in [-0.05, 0) is 12.1 Å². The Morgan fingerprint density at radius 3 is 2.79 bits per heavy atom. The summed E-state index contributed by atoms with van der Waals surface area (Å²) in [5, 5.41) is 14.7. The fourth-order valence-electron chi connectivity index (χ4n) is 1.40. The molecule has 0 saturated heterocycles. The third kappa shape index (κ3) is 2.34. The van der Waals surface area contributed by atoms with Gasteiger partial charge in [-0.3, -0.25) is 9.82 Å². The van der Waals surface area contributed by atoms with E-state index in [9.17, 15) is 12.8 Å². The topological polar surface area (TPSA) is 125 Å². The molecule has 2 aromatic rings. The number of nitrogens with two attached hydrogens (primary N) is 1. The maximum Gasteiger partial charge on any atom is 0.264 e. The highest BCUT2D eigenvalue weighted by atomic mass is 32.2. The summed E-state index contributed by atoms with van der Waals surface area (Å²) < 4.78 is 39.6. The molecule has 0 unspecified atom stereocenters. The largest absolute Gasteiger partial charge is 0.394 e. The number of nitrogen functional groups attached to an aromatic ring is 1. The normalized spacial score (nSPS) is 10.9. The number of hydrogen-bond acceptors (Lipinski definition) is 5. The van der Waals surface area contributed by atoms with Gasteiger partial charge in [0.05, 0.1) is 11.9 Å². The molecule has 2 rings (SSSR count). The van der Waals surface area contributed by atoms with Gasteiger partial charge in [-0.15, -0.1) is 0 Å². The molecule has 0 atom stereocenters. The molecule has 98 valence electrons. The van der Waals surface area contributed by atoms with Crippen molar-refractivity contribution >= 4 is 21.5 Å². The number of sulfonamides is 1. The number of H-pyrrole nitrogens is 1. The lowest BCUT2D eigenvalue weighted by molar-refractivity contribution is 0.593. The molecule has 0 spiro atoms. The molecule has 0 aliphatic carbocycles. The van der Waals surface area contributed by atoms with Gasteiger partial charge in [0, 0.05) is 0 Å². The van der Waals surface area contributed by atoms with E-state index in [0.717, 1.165) is 12.1 Å². The summed E-state index contributed by atoms with van der Waals surface area (Å²) in [7, 11) is -4.13. The number of rotatable bonds is 3. The minimum atomic E-state index is -4.13. The Morgan fingerprint density at radius 1 is 1.47 bits per heavy atom. The second kappa shape index (κ2) is 4.58. The quantitative estimate of drug-likeness (QED) is 0.767. The van der Waals surface area contributed by atoms with Crippen molar-refractivity contribution in [3.63, 3.8) is 0 Å². The molecule has 7 nitrogen and oxygen atoms in total. The monoisotopic (exact) mass is 281 g/mol. The highest BCUT2D eigenvalue weighted by Crippen LogP contribution is 2.22. The summed E-state index contributed by atoms with van der Waals surface area (Å²) in [5.41, 5.74) is 4.99. The van der Waals surface area contributed by atoms with Crippen LogP contribution in [0.5, 0.6) is 0 Å². The molecule has 4 N–H and O–H groups in total. The maximum atomic E-state index is 13.4. The summed E-state index contributed by atoms with van der Waals surface area (Å²) in [5.74, 6) is -0.962. The van der Waals surface area contributed by atoms with Gasteiger partial charge in [0.2, 0.25) is 0 Å². The number of aromatic amines is 1. The first kappa shape index (κ1) is 12.8. The Hall–Kier alpha value is -2.60. The van der Waals surface area contributed by atoms with Gasteiger partial charge in [0.25, 0.3) is 10.0 Å². The third-order valence-corrected chi connectivity index (χ3v) is 3.67. The lowest BCUT2D eigenvalue weighted by Gasteiger charge is -2.08. The summed E-state index contributed by atoms with van der Waals surface area (Å²) >= 11 is 0. The minimum Gasteiger partial charge on any atom is -0.394 e. The molecule has 0 aliphatic rings. The van der Waals surface area contributed by atoms with E-state index in [2.05, 4.69) is 14.9 Å². The van der Waals surface area contributed by atoms with Gasteiger partial charge in [0.1, 0.15) is 22.3 Å². The van der Waals surface area contributed by atoms with E-state index in [1.54, 1.807) is 0 Å². The van der Waals surface area contributed by atoms with Crippen molar-refractivity contribution in [1.29, 1.82) is 5.26 Å². The highest BCUT2D eigenvalue weighted by Gasteiger charge is 2.22. The van der Waals surface area contributed by atoms with Gasteiger partial charge >= 0.3 is 0 Å². The van der Waals surface area contributed by atoms with Crippen LogP contribution in [0.2, 0.25) is 0 Å². The van der Waals surface area contributed by atoms with Crippen LogP contribution in [0, 0.1) is 17.1 Å². The van der Waals surface area contributed by atoms with Crippen molar-refractivity contribution in [3.05, 3.63) is 35.8 Å². The van der Waals surface area contributed by atoms with Gasteiger partial charge < -0.3 is 5.73 Å². The van der Waals surface area contributed by atoms with Crippen molar-refractivity contribution in [2.24, 2.45) is 0 Å². The van der Waals surface area contributed by atoms with Crippen LogP contribution in [0.3, 0.4) is 0 Å². The Balaban J connectivity index is 2.50. The lowest BCUT2D eigenvalue weighted by Crippen LogP contribution is -2.16. The predicted octanol–water partition coefficient (Wildman–Crippen LogP) is 0.803. The molecule has 1 aromatic heterocycles. The summed E-state index contributed by atoms with van der Waals surface area (Å²) in [4.78, 5) is -0.469. The average molecular weight is 281 g/mol. The molecule has 0 fully saturated rings. The van der Waals surface area contributed by atoms with Gasteiger partial charge in [0.15, 0.2) is 5.82 Å². The fraction of sp³-hybridized carbons (Fsp3) is 0. The van der Waals surface area contributed by atoms with Crippen molar-refractivity contribution in [3.8, 4) is 6.07 Å².